The van der Waals surface area contributed by atoms with Gasteiger partial charge in [-0.1, -0.05) is 17.7 Å². The molecule has 0 bridgehead atoms. The second-order valence-electron chi connectivity index (χ2n) is 6.12. The standard InChI is InChI=1S/C17H19ClFN3O/c18-13-3-1-4-14(19)17(13)15(11-20)21-9-6-12(7-10-21)22-8-2-5-16(22)23/h1,3-4,12,15H,2,5-10H2/t15-/m1/s1. The van der Waals surface area contributed by atoms with Gasteiger partial charge in [-0.15, -0.1) is 0 Å². The van der Waals surface area contributed by atoms with Crippen LogP contribution in [0.2, 0.25) is 5.02 Å². The Bertz CT molecular complexity index is 617. The summed E-state index contributed by atoms with van der Waals surface area (Å²) in [6, 6.07) is 6.24. The fraction of sp³-hybridized carbons (Fsp3) is 0.529. The highest BCUT2D eigenvalue weighted by Gasteiger charge is 2.34. The molecule has 2 fully saturated rings. The molecule has 2 saturated heterocycles. The van der Waals surface area contributed by atoms with Crippen molar-refractivity contribution in [2.45, 2.75) is 37.8 Å². The Balaban J connectivity index is 1.71. The lowest BCUT2D eigenvalue weighted by Crippen LogP contribution is -2.46. The van der Waals surface area contributed by atoms with Crippen molar-refractivity contribution >= 4 is 17.5 Å². The Labute approximate surface area is 140 Å². The molecule has 1 amide bonds. The first-order chi connectivity index (χ1) is 11.1. The van der Waals surface area contributed by atoms with E-state index in [9.17, 15) is 14.4 Å². The highest BCUT2D eigenvalue weighted by atomic mass is 35.5. The minimum atomic E-state index is -0.682. The van der Waals surface area contributed by atoms with Gasteiger partial charge in [-0.25, -0.2) is 4.39 Å². The van der Waals surface area contributed by atoms with Crippen LogP contribution in [0.4, 0.5) is 4.39 Å². The van der Waals surface area contributed by atoms with Crippen molar-refractivity contribution in [2.75, 3.05) is 19.6 Å². The topological polar surface area (TPSA) is 47.3 Å². The van der Waals surface area contributed by atoms with Crippen LogP contribution in [0.3, 0.4) is 0 Å². The fourth-order valence-corrected chi connectivity index (χ4v) is 3.88. The van der Waals surface area contributed by atoms with Gasteiger partial charge in [0, 0.05) is 42.7 Å². The van der Waals surface area contributed by atoms with E-state index in [1.54, 1.807) is 12.1 Å². The van der Waals surface area contributed by atoms with Crippen molar-refractivity contribution in [3.8, 4) is 6.07 Å². The van der Waals surface area contributed by atoms with Gasteiger partial charge in [0.2, 0.25) is 5.91 Å². The summed E-state index contributed by atoms with van der Waals surface area (Å²) in [5, 5.41) is 9.80. The van der Waals surface area contributed by atoms with Crippen molar-refractivity contribution in [1.82, 2.24) is 9.80 Å². The number of nitriles is 1. The van der Waals surface area contributed by atoms with Crippen LogP contribution in [0.1, 0.15) is 37.3 Å². The highest BCUT2D eigenvalue weighted by Crippen LogP contribution is 2.32. The molecule has 2 aliphatic heterocycles. The van der Waals surface area contributed by atoms with Crippen molar-refractivity contribution in [1.29, 1.82) is 5.26 Å². The fourth-order valence-electron chi connectivity index (χ4n) is 3.61. The zero-order valence-electron chi connectivity index (χ0n) is 12.8. The summed E-state index contributed by atoms with van der Waals surface area (Å²) in [6.45, 7) is 2.17. The number of hydrogen-bond acceptors (Lipinski definition) is 3. The minimum absolute atomic E-state index is 0.234. The molecule has 2 aliphatic rings. The van der Waals surface area contributed by atoms with Gasteiger partial charge in [0.15, 0.2) is 0 Å². The monoisotopic (exact) mass is 335 g/mol. The number of piperidine rings is 1. The second kappa shape index (κ2) is 6.86. The van der Waals surface area contributed by atoms with Gasteiger partial charge in [0.1, 0.15) is 11.9 Å². The van der Waals surface area contributed by atoms with Crippen molar-refractivity contribution in [3.63, 3.8) is 0 Å². The molecule has 0 spiro atoms. The normalized spacial score (nSPS) is 21.4. The number of halogens is 2. The molecule has 0 unspecified atom stereocenters. The lowest BCUT2D eigenvalue weighted by molar-refractivity contribution is -0.130. The Morgan fingerprint density at radius 3 is 2.61 bits per heavy atom. The maximum atomic E-state index is 14.1. The third kappa shape index (κ3) is 3.19. The molecule has 0 N–H and O–H groups in total. The van der Waals surface area contributed by atoms with Crippen LogP contribution in [0.15, 0.2) is 18.2 Å². The molecule has 0 saturated carbocycles. The molecule has 2 heterocycles. The van der Waals surface area contributed by atoms with E-state index in [-0.39, 0.29) is 22.5 Å². The van der Waals surface area contributed by atoms with E-state index >= 15 is 0 Å². The molecule has 6 heteroatoms. The predicted molar refractivity (Wildman–Crippen MR) is 85.3 cm³/mol. The minimum Gasteiger partial charge on any atom is -0.340 e. The number of nitrogens with zero attached hydrogens (tertiary/aromatic N) is 3. The summed E-state index contributed by atoms with van der Waals surface area (Å²) in [4.78, 5) is 15.8. The molecule has 1 aromatic carbocycles. The van der Waals surface area contributed by atoms with Crippen LogP contribution < -0.4 is 0 Å². The molecule has 23 heavy (non-hydrogen) atoms. The van der Waals surface area contributed by atoms with E-state index in [4.69, 9.17) is 11.6 Å². The van der Waals surface area contributed by atoms with E-state index < -0.39 is 11.9 Å². The van der Waals surface area contributed by atoms with Gasteiger partial charge in [-0.05, 0) is 31.4 Å². The number of amides is 1. The average Bonchev–Trinajstić information content (AvgIpc) is 2.97. The quantitative estimate of drug-likeness (QED) is 0.852. The Morgan fingerprint density at radius 2 is 2.04 bits per heavy atom. The zero-order valence-corrected chi connectivity index (χ0v) is 13.6. The van der Waals surface area contributed by atoms with Gasteiger partial charge in [-0.3, -0.25) is 9.69 Å². The van der Waals surface area contributed by atoms with Gasteiger partial charge in [0.25, 0.3) is 0 Å². The van der Waals surface area contributed by atoms with Crippen molar-refractivity contribution in [2.24, 2.45) is 0 Å². The van der Waals surface area contributed by atoms with Crippen LogP contribution in [-0.2, 0) is 4.79 Å². The van der Waals surface area contributed by atoms with E-state index in [1.165, 1.54) is 6.07 Å². The largest absolute Gasteiger partial charge is 0.340 e. The summed E-state index contributed by atoms with van der Waals surface area (Å²) in [6.07, 6.45) is 3.21. The number of carbonyl (C=O) groups is 1. The molecular formula is C17H19ClFN3O. The van der Waals surface area contributed by atoms with E-state index in [1.807, 2.05) is 9.80 Å². The number of rotatable bonds is 3. The maximum Gasteiger partial charge on any atom is 0.222 e. The highest BCUT2D eigenvalue weighted by molar-refractivity contribution is 6.31. The van der Waals surface area contributed by atoms with Crippen LogP contribution in [0.5, 0.6) is 0 Å². The second-order valence-corrected chi connectivity index (χ2v) is 6.53. The summed E-state index contributed by atoms with van der Waals surface area (Å²) in [5.41, 5.74) is 0.257. The number of hydrogen-bond donors (Lipinski definition) is 0. The summed E-state index contributed by atoms with van der Waals surface area (Å²) in [5.74, 6) is -0.210. The van der Waals surface area contributed by atoms with E-state index in [2.05, 4.69) is 6.07 Å². The van der Waals surface area contributed by atoms with Gasteiger partial charge < -0.3 is 4.90 Å². The molecule has 4 nitrogen and oxygen atoms in total. The smallest absolute Gasteiger partial charge is 0.222 e. The average molecular weight is 336 g/mol. The molecule has 122 valence electrons. The third-order valence-corrected chi connectivity index (χ3v) is 5.14. The Hall–Kier alpha value is -1.64. The Morgan fingerprint density at radius 1 is 1.30 bits per heavy atom. The van der Waals surface area contributed by atoms with Crippen LogP contribution in [0.25, 0.3) is 0 Å². The number of carbonyl (C=O) groups excluding carboxylic acids is 1. The lowest BCUT2D eigenvalue weighted by atomic mass is 9.98. The lowest BCUT2D eigenvalue weighted by Gasteiger charge is -2.38. The van der Waals surface area contributed by atoms with Gasteiger partial charge >= 0.3 is 0 Å². The first-order valence-electron chi connectivity index (χ1n) is 7.99. The summed E-state index contributed by atoms with van der Waals surface area (Å²) >= 11 is 6.10. The third-order valence-electron chi connectivity index (χ3n) is 4.81. The van der Waals surface area contributed by atoms with E-state index in [0.717, 1.165) is 25.8 Å². The van der Waals surface area contributed by atoms with E-state index in [0.29, 0.717) is 19.5 Å². The van der Waals surface area contributed by atoms with Crippen LogP contribution >= 0.6 is 11.6 Å². The van der Waals surface area contributed by atoms with Crippen LogP contribution in [-0.4, -0.2) is 41.4 Å². The molecule has 1 atom stereocenters. The van der Waals surface area contributed by atoms with Gasteiger partial charge in [-0.2, -0.15) is 5.26 Å². The van der Waals surface area contributed by atoms with Crippen molar-refractivity contribution in [3.05, 3.63) is 34.6 Å². The molecular weight excluding hydrogens is 317 g/mol. The molecule has 0 aromatic heterocycles. The summed E-state index contributed by atoms with van der Waals surface area (Å²) < 4.78 is 14.1. The SMILES string of the molecule is N#C[C@H](c1c(F)cccc1Cl)N1CCC(N2CCCC2=O)CC1. The number of likely N-dealkylation sites (tertiary alicyclic amines) is 2. The summed E-state index contributed by atoms with van der Waals surface area (Å²) in [7, 11) is 0. The molecule has 1 aromatic rings. The molecule has 0 radical (unpaired) electrons. The Kier molecular flexibility index (Phi) is 4.84. The van der Waals surface area contributed by atoms with Crippen molar-refractivity contribution < 1.29 is 9.18 Å². The zero-order chi connectivity index (χ0) is 16.4. The number of benzene rings is 1. The maximum absolute atomic E-state index is 14.1. The molecule has 0 aliphatic carbocycles. The first-order valence-corrected chi connectivity index (χ1v) is 8.36. The van der Waals surface area contributed by atoms with Gasteiger partial charge in [0.05, 0.1) is 6.07 Å². The van der Waals surface area contributed by atoms with Crippen LogP contribution in [0, 0.1) is 17.1 Å². The first kappa shape index (κ1) is 16.2. The molecule has 3 rings (SSSR count). The predicted octanol–water partition coefficient (Wildman–Crippen LogP) is 3.13.